The molecule has 23 heavy (non-hydrogen) atoms. The molecule has 0 aromatic heterocycles. The minimum atomic E-state index is -0.803. The number of carbonyl (C=O) groups is 2. The van der Waals surface area contributed by atoms with Crippen LogP contribution in [-0.4, -0.2) is 30.4 Å². The highest BCUT2D eigenvalue weighted by atomic mass is 16.5. The maximum absolute atomic E-state index is 11.6. The molecule has 2 aromatic carbocycles. The van der Waals surface area contributed by atoms with E-state index < -0.39 is 12.0 Å². The van der Waals surface area contributed by atoms with Crippen molar-refractivity contribution < 1.29 is 19.4 Å². The zero-order valence-electron chi connectivity index (χ0n) is 12.3. The van der Waals surface area contributed by atoms with Crippen molar-refractivity contribution >= 4 is 18.2 Å². The van der Waals surface area contributed by atoms with Crippen LogP contribution in [-0.2, 0) is 4.74 Å². The molecule has 0 aliphatic rings. The van der Waals surface area contributed by atoms with E-state index >= 15 is 0 Å². The highest BCUT2D eigenvalue weighted by Crippen LogP contribution is 2.26. The molecule has 7 nitrogen and oxygen atoms in total. The smallest absolute Gasteiger partial charge is 0.337 e. The molecule has 0 spiro atoms. The summed E-state index contributed by atoms with van der Waals surface area (Å²) < 4.78 is 4.69. The fourth-order valence-electron chi connectivity index (χ4n) is 1.95. The molecule has 0 unspecified atom stereocenters. The van der Waals surface area contributed by atoms with Crippen molar-refractivity contribution in [3.05, 3.63) is 53.6 Å². The van der Waals surface area contributed by atoms with Crippen molar-refractivity contribution in [1.29, 1.82) is 0 Å². The molecule has 118 valence electrons. The Morgan fingerprint density at radius 3 is 2.65 bits per heavy atom. The third kappa shape index (κ3) is 4.07. The fraction of sp³-hybridized carbons (Fsp3) is 0.0625. The average Bonchev–Trinajstić information content (AvgIpc) is 2.55. The molecule has 2 rings (SSSR count). The first-order valence-electron chi connectivity index (χ1n) is 6.61. The van der Waals surface area contributed by atoms with Crippen LogP contribution in [0.4, 0.5) is 4.79 Å². The van der Waals surface area contributed by atoms with Gasteiger partial charge >= 0.3 is 12.0 Å². The number of primary amides is 1. The van der Waals surface area contributed by atoms with Gasteiger partial charge in [-0.1, -0.05) is 18.2 Å². The largest absolute Gasteiger partial charge is 0.507 e. The first-order valence-corrected chi connectivity index (χ1v) is 6.61. The number of phenols is 1. The van der Waals surface area contributed by atoms with E-state index in [9.17, 15) is 14.7 Å². The summed E-state index contributed by atoms with van der Waals surface area (Å²) in [4.78, 5) is 22.2. The average molecular weight is 313 g/mol. The van der Waals surface area contributed by atoms with Crippen LogP contribution < -0.4 is 11.2 Å². The highest BCUT2D eigenvalue weighted by molar-refractivity contribution is 5.92. The molecule has 0 saturated heterocycles. The van der Waals surface area contributed by atoms with Crippen molar-refractivity contribution in [2.24, 2.45) is 10.8 Å². The molecule has 0 atom stereocenters. The Balaban J connectivity index is 2.35. The maximum Gasteiger partial charge on any atom is 0.337 e. The molecule has 0 radical (unpaired) electrons. The predicted molar refractivity (Wildman–Crippen MR) is 85.2 cm³/mol. The number of carbonyl (C=O) groups excluding carboxylic acids is 2. The van der Waals surface area contributed by atoms with Gasteiger partial charge in [0.15, 0.2) is 0 Å². The number of ether oxygens (including phenoxy) is 1. The summed E-state index contributed by atoms with van der Waals surface area (Å²) in [5.74, 6) is -0.439. The van der Waals surface area contributed by atoms with E-state index in [1.165, 1.54) is 19.4 Å². The molecular weight excluding hydrogens is 298 g/mol. The Labute approximate surface area is 132 Å². The summed E-state index contributed by atoms with van der Waals surface area (Å²) in [6.45, 7) is 0. The molecule has 7 heteroatoms. The molecular formula is C16H15N3O4. The second kappa shape index (κ2) is 7.08. The lowest BCUT2D eigenvalue weighted by molar-refractivity contribution is 0.0600. The van der Waals surface area contributed by atoms with Crippen molar-refractivity contribution in [1.82, 2.24) is 5.43 Å². The number of nitrogens with two attached hydrogens (primary N) is 1. The number of phenolic OH excluding ortho intramolecular Hbond substituents is 1. The number of benzene rings is 2. The zero-order valence-corrected chi connectivity index (χ0v) is 12.3. The van der Waals surface area contributed by atoms with Crippen LogP contribution in [0.25, 0.3) is 11.1 Å². The lowest BCUT2D eigenvalue weighted by atomic mass is 10.0. The van der Waals surface area contributed by atoms with Gasteiger partial charge in [0.2, 0.25) is 0 Å². The van der Waals surface area contributed by atoms with Gasteiger partial charge in [-0.25, -0.2) is 15.0 Å². The summed E-state index contributed by atoms with van der Waals surface area (Å²) in [6.07, 6.45) is 1.27. The summed E-state index contributed by atoms with van der Waals surface area (Å²) in [5.41, 5.74) is 9.29. The molecule has 0 fully saturated rings. The summed E-state index contributed by atoms with van der Waals surface area (Å²) in [6, 6.07) is 10.9. The van der Waals surface area contributed by atoms with Gasteiger partial charge in [0, 0.05) is 5.56 Å². The van der Waals surface area contributed by atoms with E-state index in [4.69, 9.17) is 10.5 Å². The number of aromatic hydroxyl groups is 1. The first-order chi connectivity index (χ1) is 11.0. The quantitative estimate of drug-likeness (QED) is 0.454. The SMILES string of the molecule is COC(=O)c1cccc(-c2ccc(O)c(/C=N/NC(N)=O)c2)c1. The van der Waals surface area contributed by atoms with Crippen molar-refractivity contribution in [3.8, 4) is 16.9 Å². The summed E-state index contributed by atoms with van der Waals surface area (Å²) in [5, 5.41) is 13.4. The summed E-state index contributed by atoms with van der Waals surface area (Å²) >= 11 is 0. The number of methoxy groups -OCH3 is 1. The Kier molecular flexibility index (Phi) is 4.93. The maximum atomic E-state index is 11.6. The molecule has 0 aliphatic carbocycles. The molecule has 0 heterocycles. The van der Waals surface area contributed by atoms with Crippen molar-refractivity contribution in [3.63, 3.8) is 0 Å². The van der Waals surface area contributed by atoms with Gasteiger partial charge in [-0.15, -0.1) is 0 Å². The van der Waals surface area contributed by atoms with Gasteiger partial charge < -0.3 is 15.6 Å². The van der Waals surface area contributed by atoms with Crippen molar-refractivity contribution in [2.75, 3.05) is 7.11 Å². The standard InChI is InChI=1S/C16H15N3O4/c1-23-15(21)12-4-2-3-10(7-12)11-5-6-14(20)13(8-11)9-18-19-16(17)22/h2-9,20H,1H3,(H3,17,19,22)/b18-9+. The van der Waals surface area contributed by atoms with Crippen LogP contribution in [0, 0.1) is 0 Å². The Bertz CT molecular complexity index is 772. The molecule has 4 N–H and O–H groups in total. The van der Waals surface area contributed by atoms with E-state index in [0.717, 1.165) is 11.1 Å². The molecule has 2 aromatic rings. The zero-order chi connectivity index (χ0) is 16.8. The Morgan fingerprint density at radius 2 is 1.96 bits per heavy atom. The van der Waals surface area contributed by atoms with E-state index in [2.05, 4.69) is 5.10 Å². The number of hydrogen-bond donors (Lipinski definition) is 3. The van der Waals surface area contributed by atoms with Gasteiger partial charge in [-0.05, 0) is 35.4 Å². The number of urea groups is 1. The Hall–Kier alpha value is -3.35. The van der Waals surface area contributed by atoms with E-state index in [0.29, 0.717) is 11.1 Å². The topological polar surface area (TPSA) is 114 Å². The van der Waals surface area contributed by atoms with Crippen LogP contribution in [0.5, 0.6) is 5.75 Å². The normalized spacial score (nSPS) is 10.5. The molecule has 0 saturated carbocycles. The van der Waals surface area contributed by atoms with Crippen LogP contribution in [0.1, 0.15) is 15.9 Å². The number of esters is 1. The van der Waals surface area contributed by atoms with E-state index in [-0.39, 0.29) is 5.75 Å². The van der Waals surface area contributed by atoms with E-state index in [1.54, 1.807) is 30.3 Å². The van der Waals surface area contributed by atoms with Crippen LogP contribution >= 0.6 is 0 Å². The van der Waals surface area contributed by atoms with Gasteiger partial charge in [0.1, 0.15) is 5.75 Å². The Morgan fingerprint density at radius 1 is 1.22 bits per heavy atom. The number of rotatable bonds is 4. The van der Waals surface area contributed by atoms with Gasteiger partial charge in [-0.3, -0.25) is 0 Å². The fourth-order valence-corrected chi connectivity index (χ4v) is 1.95. The van der Waals surface area contributed by atoms with Gasteiger partial charge in [0.25, 0.3) is 0 Å². The second-order valence-corrected chi connectivity index (χ2v) is 4.58. The molecule has 2 amide bonds. The first kappa shape index (κ1) is 16.0. The second-order valence-electron chi connectivity index (χ2n) is 4.58. The van der Waals surface area contributed by atoms with Crippen LogP contribution in [0.3, 0.4) is 0 Å². The van der Waals surface area contributed by atoms with Crippen LogP contribution in [0.15, 0.2) is 47.6 Å². The van der Waals surface area contributed by atoms with Gasteiger partial charge in [0.05, 0.1) is 18.9 Å². The minimum Gasteiger partial charge on any atom is -0.507 e. The third-order valence-corrected chi connectivity index (χ3v) is 3.02. The number of nitrogens with one attached hydrogen (secondary N) is 1. The van der Waals surface area contributed by atoms with Gasteiger partial charge in [-0.2, -0.15) is 5.10 Å². The number of nitrogens with zero attached hydrogens (tertiary/aromatic N) is 1. The minimum absolute atomic E-state index is 0.00658. The predicted octanol–water partition coefficient (Wildman–Crippen LogP) is 1.85. The lowest BCUT2D eigenvalue weighted by Gasteiger charge is -2.07. The monoisotopic (exact) mass is 313 g/mol. The number of amides is 2. The highest BCUT2D eigenvalue weighted by Gasteiger charge is 2.08. The molecule has 0 bridgehead atoms. The lowest BCUT2D eigenvalue weighted by Crippen LogP contribution is -2.24. The van der Waals surface area contributed by atoms with Crippen molar-refractivity contribution in [2.45, 2.75) is 0 Å². The number of hydrazone groups is 1. The summed E-state index contributed by atoms with van der Waals surface area (Å²) in [7, 11) is 1.32. The third-order valence-electron chi connectivity index (χ3n) is 3.02. The molecule has 0 aliphatic heterocycles. The van der Waals surface area contributed by atoms with Crippen LogP contribution in [0.2, 0.25) is 0 Å². The number of hydrogen-bond acceptors (Lipinski definition) is 5. The van der Waals surface area contributed by atoms with E-state index in [1.807, 2.05) is 11.5 Å².